The van der Waals surface area contributed by atoms with E-state index in [0.717, 1.165) is 22.0 Å². The summed E-state index contributed by atoms with van der Waals surface area (Å²) in [6.07, 6.45) is 1.82. The summed E-state index contributed by atoms with van der Waals surface area (Å²) in [4.78, 5) is 14.6. The lowest BCUT2D eigenvalue weighted by Crippen LogP contribution is -2.09. The fourth-order valence-corrected chi connectivity index (χ4v) is 3.09. The van der Waals surface area contributed by atoms with Gasteiger partial charge in [0.2, 0.25) is 0 Å². The number of rotatable bonds is 5. The van der Waals surface area contributed by atoms with E-state index < -0.39 is 5.97 Å². The molecule has 5 heteroatoms. The van der Waals surface area contributed by atoms with Crippen LogP contribution in [0.25, 0.3) is 10.9 Å². The summed E-state index contributed by atoms with van der Waals surface area (Å²) >= 11 is 6.11. The molecule has 3 rings (SSSR count). The molecular formula is C18H16ClNO3. The highest BCUT2D eigenvalue weighted by Gasteiger charge is 2.24. The van der Waals surface area contributed by atoms with Crippen molar-refractivity contribution < 1.29 is 14.6 Å². The Hall–Kier alpha value is -2.46. The van der Waals surface area contributed by atoms with Crippen molar-refractivity contribution in [3.63, 3.8) is 0 Å². The van der Waals surface area contributed by atoms with Gasteiger partial charge in [0.05, 0.1) is 13.5 Å². The number of methoxy groups -OCH3 is 1. The van der Waals surface area contributed by atoms with Crippen molar-refractivity contribution in [1.29, 1.82) is 0 Å². The number of aromatic amines is 1. The Morgan fingerprint density at radius 3 is 2.78 bits per heavy atom. The molecule has 2 N–H and O–H groups in total. The lowest BCUT2D eigenvalue weighted by Gasteiger charge is -2.18. The largest absolute Gasteiger partial charge is 0.496 e. The molecule has 2 aromatic carbocycles. The molecule has 1 aromatic heterocycles. The second-order valence-electron chi connectivity index (χ2n) is 5.33. The number of para-hydroxylation sites is 1. The molecule has 0 aliphatic heterocycles. The number of aliphatic carboxylic acids is 1. The average molecular weight is 330 g/mol. The molecule has 0 saturated carbocycles. The number of H-pyrrole nitrogens is 1. The van der Waals surface area contributed by atoms with Gasteiger partial charge in [0, 0.05) is 33.6 Å². The lowest BCUT2D eigenvalue weighted by molar-refractivity contribution is -0.137. The Labute approximate surface area is 138 Å². The highest BCUT2D eigenvalue weighted by atomic mass is 35.5. The van der Waals surface area contributed by atoms with E-state index in [1.807, 2.05) is 42.6 Å². The molecule has 0 spiro atoms. The molecule has 1 atom stereocenters. The van der Waals surface area contributed by atoms with Gasteiger partial charge in [0.25, 0.3) is 0 Å². The predicted octanol–water partition coefficient (Wildman–Crippen LogP) is 4.44. The molecule has 0 bridgehead atoms. The molecule has 0 amide bonds. The first kappa shape index (κ1) is 15.4. The third-order valence-corrected chi connectivity index (χ3v) is 4.18. The monoisotopic (exact) mass is 329 g/mol. The summed E-state index contributed by atoms with van der Waals surface area (Å²) in [5.41, 5.74) is 2.67. The molecule has 0 radical (unpaired) electrons. The summed E-state index contributed by atoms with van der Waals surface area (Å²) in [6, 6.07) is 13.0. The van der Waals surface area contributed by atoms with Gasteiger partial charge in [0.15, 0.2) is 0 Å². The van der Waals surface area contributed by atoms with Crippen molar-refractivity contribution in [2.45, 2.75) is 12.3 Å². The van der Waals surface area contributed by atoms with E-state index in [0.29, 0.717) is 10.8 Å². The first-order valence-electron chi connectivity index (χ1n) is 7.21. The maximum atomic E-state index is 11.4. The van der Waals surface area contributed by atoms with Crippen molar-refractivity contribution in [2.75, 3.05) is 7.11 Å². The second-order valence-corrected chi connectivity index (χ2v) is 5.76. The fraction of sp³-hybridized carbons (Fsp3) is 0.167. The van der Waals surface area contributed by atoms with Gasteiger partial charge in [-0.05, 0) is 29.8 Å². The molecule has 0 aliphatic carbocycles. The van der Waals surface area contributed by atoms with Crippen LogP contribution in [-0.2, 0) is 4.79 Å². The quantitative estimate of drug-likeness (QED) is 0.727. The summed E-state index contributed by atoms with van der Waals surface area (Å²) in [5.74, 6) is -0.511. The lowest BCUT2D eigenvalue weighted by atomic mass is 9.87. The normalized spacial score (nSPS) is 12.3. The number of benzene rings is 2. The third kappa shape index (κ3) is 3.03. The minimum Gasteiger partial charge on any atom is -0.496 e. The molecule has 118 valence electrons. The Balaban J connectivity index is 2.18. The Morgan fingerprint density at radius 2 is 2.04 bits per heavy atom. The SMILES string of the molecule is COc1ccccc1[C@H](CC(=O)O)c1c[nH]c2ccc(Cl)cc12. The van der Waals surface area contributed by atoms with Crippen LogP contribution in [0.5, 0.6) is 5.75 Å². The number of fused-ring (bicyclic) bond motifs is 1. The third-order valence-electron chi connectivity index (χ3n) is 3.94. The number of nitrogens with one attached hydrogen (secondary N) is 1. The van der Waals surface area contributed by atoms with Crippen LogP contribution in [0.2, 0.25) is 5.02 Å². The molecule has 0 unspecified atom stereocenters. The van der Waals surface area contributed by atoms with Crippen molar-refractivity contribution >= 4 is 28.5 Å². The summed E-state index contributed by atoms with van der Waals surface area (Å²) < 4.78 is 5.41. The Kier molecular flexibility index (Phi) is 4.26. The molecule has 1 heterocycles. The number of halogens is 1. The molecule has 3 aromatic rings. The van der Waals surface area contributed by atoms with Gasteiger partial charge in [-0.2, -0.15) is 0 Å². The van der Waals surface area contributed by atoms with E-state index in [1.165, 1.54) is 0 Å². The molecule has 0 fully saturated rings. The number of hydrogen-bond donors (Lipinski definition) is 2. The Bertz CT molecular complexity index is 856. The van der Waals surface area contributed by atoms with Crippen LogP contribution in [0.1, 0.15) is 23.5 Å². The smallest absolute Gasteiger partial charge is 0.304 e. The minimum absolute atomic E-state index is 0.0279. The van der Waals surface area contributed by atoms with Crippen LogP contribution < -0.4 is 4.74 Å². The van der Waals surface area contributed by atoms with Crippen molar-refractivity contribution in [3.8, 4) is 5.75 Å². The van der Waals surface area contributed by atoms with E-state index in [4.69, 9.17) is 16.3 Å². The summed E-state index contributed by atoms with van der Waals surface area (Å²) in [6.45, 7) is 0. The number of carbonyl (C=O) groups is 1. The number of ether oxygens (including phenoxy) is 1. The second kappa shape index (κ2) is 6.34. The topological polar surface area (TPSA) is 62.3 Å². The van der Waals surface area contributed by atoms with Crippen LogP contribution in [0.3, 0.4) is 0 Å². The number of aromatic nitrogens is 1. The van der Waals surface area contributed by atoms with Crippen molar-refractivity contribution in [3.05, 3.63) is 64.8 Å². The minimum atomic E-state index is -0.864. The van der Waals surface area contributed by atoms with Crippen LogP contribution in [0, 0.1) is 0 Å². The Morgan fingerprint density at radius 1 is 1.26 bits per heavy atom. The van der Waals surface area contributed by atoms with E-state index in [1.54, 1.807) is 13.2 Å². The maximum Gasteiger partial charge on any atom is 0.304 e. The first-order valence-corrected chi connectivity index (χ1v) is 7.59. The molecule has 0 saturated heterocycles. The molecule has 23 heavy (non-hydrogen) atoms. The van der Waals surface area contributed by atoms with Gasteiger partial charge in [-0.25, -0.2) is 0 Å². The highest BCUT2D eigenvalue weighted by Crippen LogP contribution is 2.38. The van der Waals surface area contributed by atoms with E-state index in [2.05, 4.69) is 4.98 Å². The average Bonchev–Trinajstić information content (AvgIpc) is 2.95. The molecule has 4 nitrogen and oxygen atoms in total. The molecule has 0 aliphatic rings. The van der Waals surface area contributed by atoms with Gasteiger partial charge in [-0.3, -0.25) is 4.79 Å². The summed E-state index contributed by atoms with van der Waals surface area (Å²) in [7, 11) is 1.59. The number of carboxylic acid groups (broad SMARTS) is 1. The van der Waals surface area contributed by atoms with Crippen LogP contribution in [-0.4, -0.2) is 23.2 Å². The van der Waals surface area contributed by atoms with Gasteiger partial charge in [-0.1, -0.05) is 29.8 Å². The van der Waals surface area contributed by atoms with Crippen LogP contribution >= 0.6 is 11.6 Å². The first-order chi connectivity index (χ1) is 11.1. The van der Waals surface area contributed by atoms with Crippen molar-refractivity contribution in [1.82, 2.24) is 4.98 Å². The molecular weight excluding hydrogens is 314 g/mol. The van der Waals surface area contributed by atoms with Gasteiger partial charge >= 0.3 is 5.97 Å². The van der Waals surface area contributed by atoms with E-state index in [9.17, 15) is 9.90 Å². The standard InChI is InChI=1S/C18H16ClNO3/c1-23-17-5-3-2-4-12(17)13(9-18(21)22)15-10-20-16-7-6-11(19)8-14(15)16/h2-8,10,13,20H,9H2,1H3,(H,21,22)/t13-/m0/s1. The highest BCUT2D eigenvalue weighted by molar-refractivity contribution is 6.31. The van der Waals surface area contributed by atoms with E-state index >= 15 is 0 Å². The number of carboxylic acids is 1. The van der Waals surface area contributed by atoms with Crippen molar-refractivity contribution in [2.24, 2.45) is 0 Å². The summed E-state index contributed by atoms with van der Waals surface area (Å²) in [5, 5.41) is 10.9. The van der Waals surface area contributed by atoms with Crippen LogP contribution in [0.4, 0.5) is 0 Å². The zero-order valence-electron chi connectivity index (χ0n) is 12.5. The van der Waals surface area contributed by atoms with E-state index in [-0.39, 0.29) is 12.3 Å². The van der Waals surface area contributed by atoms with Gasteiger partial charge in [-0.15, -0.1) is 0 Å². The van der Waals surface area contributed by atoms with Gasteiger partial charge in [0.1, 0.15) is 5.75 Å². The fourth-order valence-electron chi connectivity index (χ4n) is 2.92. The maximum absolute atomic E-state index is 11.4. The van der Waals surface area contributed by atoms with Crippen LogP contribution in [0.15, 0.2) is 48.7 Å². The van der Waals surface area contributed by atoms with Gasteiger partial charge < -0.3 is 14.8 Å². The number of hydrogen-bond acceptors (Lipinski definition) is 2. The zero-order valence-corrected chi connectivity index (χ0v) is 13.3. The predicted molar refractivity (Wildman–Crippen MR) is 90.4 cm³/mol. The zero-order chi connectivity index (χ0) is 16.4.